The van der Waals surface area contributed by atoms with E-state index in [0.717, 1.165) is 8.95 Å². The number of hydrogen-bond donors (Lipinski definition) is 3. The monoisotopic (exact) mass is 508 g/mol. The maximum atomic E-state index is 11.6. The fraction of sp³-hybridized carbons (Fsp3) is 0.0588. The van der Waals surface area contributed by atoms with E-state index in [-0.39, 0.29) is 29.4 Å². The second kappa shape index (κ2) is 8.28. The molecule has 0 fully saturated rings. The highest BCUT2D eigenvalue weighted by atomic mass is 79.9. The van der Waals surface area contributed by atoms with E-state index >= 15 is 0 Å². The Morgan fingerprint density at radius 1 is 1.00 bits per heavy atom. The van der Waals surface area contributed by atoms with Crippen molar-refractivity contribution >= 4 is 48.8 Å². The van der Waals surface area contributed by atoms with Crippen LogP contribution in [-0.4, -0.2) is 25.1 Å². The van der Waals surface area contributed by atoms with Gasteiger partial charge in [-0.3, -0.25) is 23.4 Å². The number of halogens is 2. The first-order valence-corrected chi connectivity index (χ1v) is 8.89. The summed E-state index contributed by atoms with van der Waals surface area (Å²) in [6.07, 6.45) is 6.09. The van der Waals surface area contributed by atoms with Gasteiger partial charge in [0.1, 0.15) is 28.2 Å². The van der Waals surface area contributed by atoms with Crippen molar-refractivity contribution in [2.24, 2.45) is 5.73 Å². The molecule has 0 radical (unpaired) electrons. The van der Waals surface area contributed by atoms with Gasteiger partial charge in [-0.15, -0.1) is 0 Å². The third kappa shape index (κ3) is 3.92. The minimum atomic E-state index is -0.730. The Morgan fingerprint density at radius 3 is 2.00 bits per heavy atom. The van der Waals surface area contributed by atoms with Crippen LogP contribution in [0.1, 0.15) is 23.3 Å². The summed E-state index contributed by atoms with van der Waals surface area (Å²) >= 11 is 6.47. The highest BCUT2D eigenvalue weighted by molar-refractivity contribution is 9.10. The van der Waals surface area contributed by atoms with Gasteiger partial charge in [-0.2, -0.15) is 5.26 Å². The standard InChI is InChI=1S/C8H6BrN3O2.C8H4BrN3O.CH4/c9-4-1-6-7(13)5(8(10)14)2-11-12(6)3-4;9-6-1-7-8(13)5(2-10)3-11-12(7)4-6;/h1-3,11H,(H2,10,14);1,3-4,11H;1H4. The van der Waals surface area contributed by atoms with Gasteiger partial charge in [-0.25, -0.2) is 0 Å². The number of hydrogen-bond acceptors (Lipinski definition) is 4. The van der Waals surface area contributed by atoms with Gasteiger partial charge in [-0.1, -0.05) is 7.43 Å². The lowest BCUT2D eigenvalue weighted by Gasteiger charge is -1.96. The average molecular weight is 510 g/mol. The minimum absolute atomic E-state index is 0. The Morgan fingerprint density at radius 2 is 1.50 bits per heavy atom. The first-order chi connectivity index (χ1) is 12.8. The summed E-state index contributed by atoms with van der Waals surface area (Å²) in [5.41, 5.74) is 5.33. The van der Waals surface area contributed by atoms with Crippen molar-refractivity contribution in [1.29, 1.82) is 5.26 Å². The summed E-state index contributed by atoms with van der Waals surface area (Å²) in [7, 11) is 0. The smallest absolute Gasteiger partial charge is 0.254 e. The van der Waals surface area contributed by atoms with E-state index < -0.39 is 5.91 Å². The lowest BCUT2D eigenvalue weighted by molar-refractivity contribution is 0.0999. The van der Waals surface area contributed by atoms with E-state index in [1.807, 2.05) is 6.07 Å². The predicted octanol–water partition coefficient (Wildman–Crippen LogP) is 2.39. The molecule has 11 heteroatoms. The number of nitrogens with two attached hydrogens (primary N) is 1. The lowest BCUT2D eigenvalue weighted by Crippen LogP contribution is -2.23. The van der Waals surface area contributed by atoms with Crippen LogP contribution in [0.3, 0.4) is 0 Å². The molecular formula is C17H14Br2N6O3. The van der Waals surface area contributed by atoms with Crippen LogP contribution in [-0.2, 0) is 0 Å². The number of H-pyrrole nitrogens is 2. The zero-order chi connectivity index (χ0) is 19.7. The summed E-state index contributed by atoms with van der Waals surface area (Å²) in [4.78, 5) is 34.0. The van der Waals surface area contributed by atoms with E-state index in [2.05, 4.69) is 42.1 Å². The molecule has 144 valence electrons. The number of nitrogens with one attached hydrogen (secondary N) is 2. The molecule has 0 bridgehead atoms. The Kier molecular flexibility index (Phi) is 6.27. The average Bonchev–Trinajstić information content (AvgIpc) is 3.18. The Bertz CT molecular complexity index is 1340. The summed E-state index contributed by atoms with van der Waals surface area (Å²) in [6.45, 7) is 0. The quantitative estimate of drug-likeness (QED) is 0.362. The molecule has 4 aromatic heterocycles. The van der Waals surface area contributed by atoms with Crippen LogP contribution < -0.4 is 16.6 Å². The highest BCUT2D eigenvalue weighted by Crippen LogP contribution is 2.12. The molecule has 0 aliphatic heterocycles. The molecule has 9 nitrogen and oxygen atoms in total. The van der Waals surface area contributed by atoms with Crippen molar-refractivity contribution in [2.75, 3.05) is 0 Å². The number of rotatable bonds is 1. The molecule has 0 atom stereocenters. The number of nitrogens with zero attached hydrogens (tertiary/aromatic N) is 3. The summed E-state index contributed by atoms with van der Waals surface area (Å²) in [6, 6.07) is 5.11. The van der Waals surface area contributed by atoms with E-state index in [4.69, 9.17) is 11.0 Å². The molecule has 0 aromatic carbocycles. The Balaban J connectivity index is 0.000000194. The number of nitriles is 1. The van der Waals surface area contributed by atoms with E-state index in [0.29, 0.717) is 11.0 Å². The number of carbonyl (C=O) groups excluding carboxylic acids is 1. The maximum Gasteiger partial charge on any atom is 0.254 e. The normalized spacial score (nSPS) is 10.0. The van der Waals surface area contributed by atoms with Crippen LogP contribution in [0.25, 0.3) is 11.0 Å². The second-order valence-corrected chi connectivity index (χ2v) is 7.17. The van der Waals surface area contributed by atoms with Gasteiger partial charge in [-0.05, 0) is 44.0 Å². The van der Waals surface area contributed by atoms with Crippen LogP contribution in [0.2, 0.25) is 0 Å². The molecule has 1 amide bonds. The third-order valence-electron chi connectivity index (χ3n) is 3.61. The lowest BCUT2D eigenvalue weighted by atomic mass is 10.2. The molecule has 0 aliphatic rings. The van der Waals surface area contributed by atoms with E-state index in [1.165, 1.54) is 16.9 Å². The number of carbonyl (C=O) groups is 1. The largest absolute Gasteiger partial charge is 0.365 e. The van der Waals surface area contributed by atoms with Crippen molar-refractivity contribution in [2.45, 2.75) is 7.43 Å². The molecule has 28 heavy (non-hydrogen) atoms. The third-order valence-corrected chi connectivity index (χ3v) is 4.48. The van der Waals surface area contributed by atoms with Crippen LogP contribution in [0.4, 0.5) is 0 Å². The minimum Gasteiger partial charge on any atom is -0.365 e. The second-order valence-electron chi connectivity index (χ2n) is 5.34. The first-order valence-electron chi connectivity index (χ1n) is 7.30. The fourth-order valence-electron chi connectivity index (χ4n) is 2.37. The van der Waals surface area contributed by atoms with Crippen LogP contribution >= 0.6 is 31.9 Å². The molecular weight excluding hydrogens is 496 g/mol. The summed E-state index contributed by atoms with van der Waals surface area (Å²) < 4.78 is 4.63. The SMILES string of the molecule is C.N#Cc1c[nH]n2cc(Br)cc2c1=O.NC(=O)c1c[nH]n2cc(Br)cc2c1=O. The van der Waals surface area contributed by atoms with Gasteiger partial charge in [0.25, 0.3) is 5.91 Å². The van der Waals surface area contributed by atoms with Crippen LogP contribution in [0.5, 0.6) is 0 Å². The number of fused-ring (bicyclic) bond motifs is 2. The molecule has 0 aliphatic carbocycles. The number of amides is 1. The van der Waals surface area contributed by atoms with Gasteiger partial charge in [0.15, 0.2) is 0 Å². The zero-order valence-electron chi connectivity index (χ0n) is 13.4. The van der Waals surface area contributed by atoms with Crippen molar-refractivity contribution in [3.05, 3.63) is 77.4 Å². The topological polar surface area (TPSA) is 141 Å². The molecule has 4 heterocycles. The van der Waals surface area contributed by atoms with E-state index in [9.17, 15) is 14.4 Å². The van der Waals surface area contributed by atoms with Crippen LogP contribution in [0.15, 0.2) is 55.5 Å². The number of aromatic amines is 2. The Labute approximate surface area is 174 Å². The summed E-state index contributed by atoms with van der Waals surface area (Å²) in [5.74, 6) is -0.730. The molecule has 0 spiro atoms. The Hall–Kier alpha value is -3.10. The van der Waals surface area contributed by atoms with Gasteiger partial charge >= 0.3 is 0 Å². The van der Waals surface area contributed by atoms with Gasteiger partial charge in [0.2, 0.25) is 10.9 Å². The summed E-state index contributed by atoms with van der Waals surface area (Å²) in [5, 5.41) is 14.1. The highest BCUT2D eigenvalue weighted by Gasteiger charge is 2.10. The molecule has 4 N–H and O–H groups in total. The number of primary amides is 1. The first kappa shape index (κ1) is 21.2. The molecule has 4 rings (SSSR count). The van der Waals surface area contributed by atoms with Gasteiger partial charge in [0, 0.05) is 33.7 Å². The fourth-order valence-corrected chi connectivity index (χ4v) is 3.21. The molecule has 0 saturated heterocycles. The van der Waals surface area contributed by atoms with Crippen LogP contribution in [0, 0.1) is 11.3 Å². The van der Waals surface area contributed by atoms with Crippen molar-refractivity contribution < 1.29 is 4.79 Å². The van der Waals surface area contributed by atoms with Crippen molar-refractivity contribution in [1.82, 2.24) is 19.2 Å². The predicted molar refractivity (Wildman–Crippen MR) is 111 cm³/mol. The number of aromatic nitrogens is 4. The molecule has 0 unspecified atom stereocenters. The maximum absolute atomic E-state index is 11.6. The van der Waals surface area contributed by atoms with Gasteiger partial charge < -0.3 is 15.9 Å². The molecule has 0 saturated carbocycles. The molecule has 4 aromatic rings. The zero-order valence-corrected chi connectivity index (χ0v) is 16.5. The van der Waals surface area contributed by atoms with Gasteiger partial charge in [0.05, 0.1) is 0 Å². The van der Waals surface area contributed by atoms with Crippen molar-refractivity contribution in [3.63, 3.8) is 0 Å². The van der Waals surface area contributed by atoms with Crippen molar-refractivity contribution in [3.8, 4) is 6.07 Å². The van der Waals surface area contributed by atoms with E-state index in [1.54, 1.807) is 29.0 Å².